The Morgan fingerprint density at radius 1 is 1.07 bits per heavy atom. The second-order valence-electron chi connectivity index (χ2n) is 6.87. The summed E-state index contributed by atoms with van der Waals surface area (Å²) in [5, 5.41) is 10.6. The lowest BCUT2D eigenvalue weighted by atomic mass is 9.92. The lowest BCUT2D eigenvalue weighted by Gasteiger charge is -2.16. The van der Waals surface area contributed by atoms with Crippen LogP contribution in [0.1, 0.15) is 36.0 Å². The van der Waals surface area contributed by atoms with Gasteiger partial charge in [0.25, 0.3) is 5.69 Å². The average molecular weight is 418 g/mol. The number of benzene rings is 2. The Morgan fingerprint density at radius 2 is 1.76 bits per heavy atom. The lowest BCUT2D eigenvalue weighted by molar-refractivity contribution is -0.384. The maximum absolute atomic E-state index is 12.4. The molecular weight excluding hydrogens is 396 g/mol. The summed E-state index contributed by atoms with van der Waals surface area (Å²) >= 11 is 0. The van der Waals surface area contributed by atoms with E-state index in [2.05, 4.69) is 4.72 Å². The van der Waals surface area contributed by atoms with Gasteiger partial charge in [0, 0.05) is 18.7 Å². The number of nitro benzene ring substituents is 1. The Balaban J connectivity index is 1.47. The van der Waals surface area contributed by atoms with E-state index in [0.717, 1.165) is 31.2 Å². The van der Waals surface area contributed by atoms with Crippen molar-refractivity contribution in [3.05, 3.63) is 69.3 Å². The van der Waals surface area contributed by atoms with Crippen LogP contribution in [0.5, 0.6) is 0 Å². The van der Waals surface area contributed by atoms with E-state index in [9.17, 15) is 23.3 Å². The molecule has 0 fully saturated rings. The minimum absolute atomic E-state index is 0.0333. The highest BCUT2D eigenvalue weighted by molar-refractivity contribution is 7.89. The average Bonchev–Trinajstić information content (AvgIpc) is 2.72. The Morgan fingerprint density at radius 3 is 2.45 bits per heavy atom. The predicted molar refractivity (Wildman–Crippen MR) is 106 cm³/mol. The van der Waals surface area contributed by atoms with Crippen molar-refractivity contribution in [3.63, 3.8) is 0 Å². The number of ether oxygens (including phenoxy) is 1. The third-order valence-corrected chi connectivity index (χ3v) is 6.26. The Bertz CT molecular complexity index is 1000. The maximum atomic E-state index is 12.4. The zero-order valence-corrected chi connectivity index (χ0v) is 16.6. The van der Waals surface area contributed by atoms with Gasteiger partial charge in [-0.05, 0) is 66.6 Å². The van der Waals surface area contributed by atoms with Gasteiger partial charge >= 0.3 is 5.97 Å². The van der Waals surface area contributed by atoms with Crippen LogP contribution in [0.15, 0.2) is 47.4 Å². The van der Waals surface area contributed by atoms with E-state index in [1.54, 1.807) is 12.1 Å². The zero-order chi connectivity index (χ0) is 20.9. The Hall–Kier alpha value is -2.78. The fourth-order valence-corrected chi connectivity index (χ4v) is 4.28. The molecule has 0 saturated carbocycles. The summed E-state index contributed by atoms with van der Waals surface area (Å²) in [6.45, 7) is -0.104. The molecule has 2 aromatic carbocycles. The quantitative estimate of drug-likeness (QED) is 0.400. The number of fused-ring (bicyclic) bond motifs is 1. The number of non-ortho nitro benzene ring substituents is 1. The minimum atomic E-state index is -3.69. The number of nitrogens with one attached hydrogen (secondary N) is 1. The van der Waals surface area contributed by atoms with Gasteiger partial charge in [0.05, 0.1) is 16.2 Å². The van der Waals surface area contributed by atoms with Gasteiger partial charge in [-0.15, -0.1) is 0 Å². The number of rotatable bonds is 8. The highest BCUT2D eigenvalue weighted by Crippen LogP contribution is 2.24. The number of nitrogens with zero attached hydrogens (tertiary/aromatic N) is 1. The molecule has 0 spiro atoms. The number of esters is 1. The fraction of sp³-hybridized carbons (Fsp3) is 0.350. The molecule has 0 saturated heterocycles. The molecule has 0 aromatic heterocycles. The van der Waals surface area contributed by atoms with Crippen molar-refractivity contribution in [1.82, 2.24) is 4.72 Å². The molecule has 154 valence electrons. The molecule has 0 bridgehead atoms. The third-order valence-electron chi connectivity index (χ3n) is 4.80. The second kappa shape index (κ2) is 9.15. The summed E-state index contributed by atoms with van der Waals surface area (Å²) in [7, 11) is -3.69. The highest BCUT2D eigenvalue weighted by atomic mass is 32.2. The number of carbonyl (C=O) groups is 1. The summed E-state index contributed by atoms with van der Waals surface area (Å²) in [4.78, 5) is 22.2. The first-order valence-electron chi connectivity index (χ1n) is 9.35. The van der Waals surface area contributed by atoms with Gasteiger partial charge in [-0.2, -0.15) is 0 Å². The van der Waals surface area contributed by atoms with Crippen molar-refractivity contribution in [1.29, 1.82) is 0 Å². The summed E-state index contributed by atoms with van der Waals surface area (Å²) in [6.07, 6.45) is 3.93. The standard InChI is InChI=1S/C20H22N2O6S/c23-20(28-14-15-5-8-18(9-6-15)22(24)25)11-12-21-29(26,27)19-10-7-16-3-1-2-4-17(16)13-19/h5-10,13,21H,1-4,11-12,14H2. The molecule has 0 heterocycles. The smallest absolute Gasteiger partial charge is 0.307 e. The van der Waals surface area contributed by atoms with Crippen LogP contribution < -0.4 is 4.72 Å². The largest absolute Gasteiger partial charge is 0.461 e. The highest BCUT2D eigenvalue weighted by Gasteiger charge is 2.18. The van der Waals surface area contributed by atoms with Crippen molar-refractivity contribution >= 4 is 21.7 Å². The van der Waals surface area contributed by atoms with Gasteiger partial charge in [0.15, 0.2) is 0 Å². The summed E-state index contributed by atoms with van der Waals surface area (Å²) in [5.41, 5.74) is 2.84. The van der Waals surface area contributed by atoms with E-state index in [-0.39, 0.29) is 30.2 Å². The first-order chi connectivity index (χ1) is 13.8. The zero-order valence-electron chi connectivity index (χ0n) is 15.8. The molecule has 3 rings (SSSR count). The third kappa shape index (κ3) is 5.61. The van der Waals surface area contributed by atoms with Crippen LogP contribution in [0.3, 0.4) is 0 Å². The number of nitro groups is 1. The molecule has 1 N–H and O–H groups in total. The molecule has 0 amide bonds. The van der Waals surface area contributed by atoms with Crippen molar-refractivity contribution in [3.8, 4) is 0 Å². The molecule has 1 aliphatic carbocycles. The predicted octanol–water partition coefficient (Wildman–Crippen LogP) is 2.89. The molecule has 9 heteroatoms. The number of sulfonamides is 1. The van der Waals surface area contributed by atoms with E-state index in [1.807, 2.05) is 6.07 Å². The molecule has 2 aromatic rings. The molecule has 1 aliphatic rings. The fourth-order valence-electron chi connectivity index (χ4n) is 3.20. The van der Waals surface area contributed by atoms with E-state index < -0.39 is 20.9 Å². The van der Waals surface area contributed by atoms with Gasteiger partial charge < -0.3 is 4.74 Å². The molecular formula is C20H22N2O6S. The van der Waals surface area contributed by atoms with Gasteiger partial charge in [-0.3, -0.25) is 14.9 Å². The van der Waals surface area contributed by atoms with Crippen molar-refractivity contribution in [2.24, 2.45) is 0 Å². The second-order valence-corrected chi connectivity index (χ2v) is 8.64. The van der Waals surface area contributed by atoms with Crippen LogP contribution in [0.25, 0.3) is 0 Å². The first-order valence-corrected chi connectivity index (χ1v) is 10.8. The van der Waals surface area contributed by atoms with Gasteiger partial charge in [0.2, 0.25) is 10.0 Å². The molecule has 8 nitrogen and oxygen atoms in total. The number of hydrogen-bond acceptors (Lipinski definition) is 6. The Kier molecular flexibility index (Phi) is 6.60. The van der Waals surface area contributed by atoms with E-state index in [4.69, 9.17) is 4.74 Å². The van der Waals surface area contributed by atoms with Gasteiger partial charge in [-0.25, -0.2) is 13.1 Å². The van der Waals surface area contributed by atoms with Gasteiger partial charge in [0.1, 0.15) is 6.61 Å². The van der Waals surface area contributed by atoms with Crippen LogP contribution in [0, 0.1) is 10.1 Å². The molecule has 0 radical (unpaired) electrons. The van der Waals surface area contributed by atoms with E-state index in [1.165, 1.54) is 29.8 Å². The van der Waals surface area contributed by atoms with E-state index in [0.29, 0.717) is 5.56 Å². The first kappa shape index (κ1) is 20.9. The number of hydrogen-bond donors (Lipinski definition) is 1. The van der Waals surface area contributed by atoms with Gasteiger partial charge in [-0.1, -0.05) is 6.07 Å². The van der Waals surface area contributed by atoms with E-state index >= 15 is 0 Å². The number of carbonyl (C=O) groups excluding carboxylic acids is 1. The summed E-state index contributed by atoms with van der Waals surface area (Å²) in [6, 6.07) is 10.8. The molecule has 0 atom stereocenters. The normalized spacial score (nSPS) is 13.5. The molecule has 0 aliphatic heterocycles. The monoisotopic (exact) mass is 418 g/mol. The van der Waals surface area contributed by atoms with Crippen LogP contribution in [-0.4, -0.2) is 25.9 Å². The van der Waals surface area contributed by atoms with Crippen molar-refractivity contribution in [2.75, 3.05) is 6.54 Å². The Labute approximate surface area is 169 Å². The summed E-state index contributed by atoms with van der Waals surface area (Å²) in [5.74, 6) is -0.559. The minimum Gasteiger partial charge on any atom is -0.461 e. The molecule has 29 heavy (non-hydrogen) atoms. The topological polar surface area (TPSA) is 116 Å². The van der Waals surface area contributed by atoms with Crippen LogP contribution in [-0.2, 0) is 39.0 Å². The number of aryl methyl sites for hydroxylation is 2. The summed E-state index contributed by atoms with van der Waals surface area (Å²) < 4.78 is 32.4. The maximum Gasteiger partial charge on any atom is 0.307 e. The van der Waals surface area contributed by atoms with Crippen molar-refractivity contribution < 1.29 is 22.9 Å². The van der Waals surface area contributed by atoms with Crippen LogP contribution in [0.2, 0.25) is 0 Å². The molecule has 0 unspecified atom stereocenters. The van der Waals surface area contributed by atoms with Crippen LogP contribution in [0.4, 0.5) is 5.69 Å². The lowest BCUT2D eigenvalue weighted by Crippen LogP contribution is -2.27. The SMILES string of the molecule is O=C(CCNS(=O)(=O)c1ccc2c(c1)CCCC2)OCc1ccc([N+](=O)[O-])cc1. The van der Waals surface area contributed by atoms with Crippen molar-refractivity contribution in [2.45, 2.75) is 43.6 Å². The van der Waals surface area contributed by atoms with Crippen LogP contribution >= 0.6 is 0 Å².